The summed E-state index contributed by atoms with van der Waals surface area (Å²) in [5, 5.41) is 2.83. The molecule has 2 aliphatic rings. The average molecular weight is 544 g/mol. The number of hydrogen-bond acceptors (Lipinski definition) is 7. The molecule has 0 spiro atoms. The van der Waals surface area contributed by atoms with E-state index in [-0.39, 0.29) is 43.2 Å². The normalized spacial score (nSPS) is 14.0. The van der Waals surface area contributed by atoms with Crippen molar-refractivity contribution in [2.24, 2.45) is 0 Å². The lowest BCUT2D eigenvalue weighted by Crippen LogP contribution is -2.39. The molecule has 206 valence electrons. The number of nitrogens with one attached hydrogen (secondary N) is 1. The lowest BCUT2D eigenvalue weighted by atomic mass is 10.1. The molecule has 0 bridgehead atoms. The van der Waals surface area contributed by atoms with Gasteiger partial charge in [-0.1, -0.05) is 12.1 Å². The minimum Gasteiger partial charge on any atom is -0.497 e. The second-order valence-corrected chi connectivity index (χ2v) is 9.35. The monoisotopic (exact) mass is 543 g/mol. The Morgan fingerprint density at radius 2 is 1.55 bits per heavy atom. The molecule has 2 heterocycles. The van der Waals surface area contributed by atoms with Gasteiger partial charge < -0.3 is 24.4 Å². The number of carbonyl (C=O) groups excluding carboxylic acids is 4. The smallest absolute Gasteiger partial charge is 0.265 e. The van der Waals surface area contributed by atoms with Crippen molar-refractivity contribution in [1.29, 1.82) is 0 Å². The van der Waals surface area contributed by atoms with Crippen molar-refractivity contribution in [3.05, 3.63) is 77.9 Å². The SMILES string of the molecule is COc1ccc(OCCCN2C(=O)COc3ccc(NC(=O)CCCN4C(=O)c5ccccc5C4=O)cc32)cc1. The van der Waals surface area contributed by atoms with Gasteiger partial charge in [0.1, 0.15) is 17.2 Å². The molecular weight excluding hydrogens is 514 g/mol. The van der Waals surface area contributed by atoms with Crippen LogP contribution in [0.3, 0.4) is 0 Å². The number of imide groups is 1. The number of nitrogens with zero attached hydrogens (tertiary/aromatic N) is 2. The van der Waals surface area contributed by atoms with Crippen LogP contribution in [-0.4, -0.2) is 61.9 Å². The van der Waals surface area contributed by atoms with E-state index in [2.05, 4.69) is 5.32 Å². The summed E-state index contributed by atoms with van der Waals surface area (Å²) in [4.78, 5) is 53.1. The van der Waals surface area contributed by atoms with Crippen LogP contribution in [0.2, 0.25) is 0 Å². The number of benzene rings is 3. The highest BCUT2D eigenvalue weighted by molar-refractivity contribution is 6.21. The maximum absolute atomic E-state index is 12.6. The molecule has 0 unspecified atom stereocenters. The molecule has 5 rings (SSSR count). The molecule has 10 nitrogen and oxygen atoms in total. The van der Waals surface area contributed by atoms with Crippen molar-refractivity contribution >= 4 is 35.0 Å². The van der Waals surface area contributed by atoms with Crippen LogP contribution in [0.5, 0.6) is 17.2 Å². The second kappa shape index (κ2) is 11.9. The number of rotatable bonds is 11. The number of anilines is 2. The van der Waals surface area contributed by atoms with Gasteiger partial charge >= 0.3 is 0 Å². The summed E-state index contributed by atoms with van der Waals surface area (Å²) in [7, 11) is 1.60. The third kappa shape index (κ3) is 5.75. The molecule has 3 aromatic carbocycles. The molecule has 0 aliphatic carbocycles. The first-order valence-electron chi connectivity index (χ1n) is 13.0. The van der Waals surface area contributed by atoms with Crippen molar-refractivity contribution in [2.75, 3.05) is 43.6 Å². The van der Waals surface area contributed by atoms with Crippen LogP contribution < -0.4 is 24.4 Å². The Hall–Kier alpha value is -4.86. The Balaban J connectivity index is 1.13. The first-order chi connectivity index (χ1) is 19.4. The molecule has 0 atom stereocenters. The molecule has 10 heteroatoms. The summed E-state index contributed by atoms with van der Waals surface area (Å²) in [6, 6.07) is 19.1. The van der Waals surface area contributed by atoms with Crippen LogP contribution in [0.1, 0.15) is 40.0 Å². The van der Waals surface area contributed by atoms with Gasteiger partial charge in [0.05, 0.1) is 30.5 Å². The minimum atomic E-state index is -0.338. The summed E-state index contributed by atoms with van der Waals surface area (Å²) < 4.78 is 16.5. The molecule has 0 aromatic heterocycles. The predicted molar refractivity (Wildman–Crippen MR) is 147 cm³/mol. The van der Waals surface area contributed by atoms with Gasteiger partial charge in [0.15, 0.2) is 6.61 Å². The van der Waals surface area contributed by atoms with Gasteiger partial charge in [-0.05, 0) is 67.4 Å². The highest BCUT2D eigenvalue weighted by Gasteiger charge is 2.34. The van der Waals surface area contributed by atoms with Gasteiger partial charge in [-0.25, -0.2) is 0 Å². The van der Waals surface area contributed by atoms with Gasteiger partial charge in [-0.15, -0.1) is 0 Å². The fourth-order valence-electron chi connectivity index (χ4n) is 4.67. The van der Waals surface area contributed by atoms with E-state index in [0.29, 0.717) is 60.0 Å². The molecule has 1 N–H and O–H groups in total. The third-order valence-electron chi connectivity index (χ3n) is 6.70. The summed E-state index contributed by atoms with van der Waals surface area (Å²) in [5.74, 6) is 0.889. The molecule has 40 heavy (non-hydrogen) atoms. The first kappa shape index (κ1) is 26.7. The fourth-order valence-corrected chi connectivity index (χ4v) is 4.67. The summed E-state index contributed by atoms with van der Waals surface area (Å²) in [6.45, 7) is 0.924. The number of methoxy groups -OCH3 is 1. The molecule has 2 aliphatic heterocycles. The van der Waals surface area contributed by atoms with Gasteiger partial charge in [0, 0.05) is 25.2 Å². The zero-order chi connectivity index (χ0) is 28.1. The van der Waals surface area contributed by atoms with E-state index in [0.717, 1.165) is 5.75 Å². The van der Waals surface area contributed by atoms with Crippen LogP contribution in [0.15, 0.2) is 66.7 Å². The third-order valence-corrected chi connectivity index (χ3v) is 6.70. The first-order valence-corrected chi connectivity index (χ1v) is 13.0. The lowest BCUT2D eigenvalue weighted by molar-refractivity contribution is -0.121. The van der Waals surface area contributed by atoms with Crippen molar-refractivity contribution < 1.29 is 33.4 Å². The Bertz CT molecular complexity index is 1400. The van der Waals surface area contributed by atoms with E-state index >= 15 is 0 Å². The summed E-state index contributed by atoms with van der Waals surface area (Å²) in [6.07, 6.45) is 1.03. The Morgan fingerprint density at radius 1 is 0.875 bits per heavy atom. The Labute approximate surface area is 231 Å². The number of carbonyl (C=O) groups is 4. The van der Waals surface area contributed by atoms with E-state index in [1.165, 1.54) is 4.90 Å². The minimum absolute atomic E-state index is 0.0597. The van der Waals surface area contributed by atoms with Gasteiger partial charge in [0.25, 0.3) is 17.7 Å². The topological polar surface area (TPSA) is 114 Å². The van der Waals surface area contributed by atoms with Crippen molar-refractivity contribution in [3.8, 4) is 17.2 Å². The zero-order valence-corrected chi connectivity index (χ0v) is 22.1. The molecule has 4 amide bonds. The second-order valence-electron chi connectivity index (χ2n) is 9.35. The molecule has 0 fully saturated rings. The number of ether oxygens (including phenoxy) is 3. The zero-order valence-electron chi connectivity index (χ0n) is 22.1. The Kier molecular flexibility index (Phi) is 7.95. The van der Waals surface area contributed by atoms with Crippen molar-refractivity contribution in [3.63, 3.8) is 0 Å². The van der Waals surface area contributed by atoms with E-state index in [1.54, 1.807) is 54.5 Å². The van der Waals surface area contributed by atoms with Gasteiger partial charge in [0.2, 0.25) is 5.91 Å². The number of hydrogen-bond donors (Lipinski definition) is 1. The molecule has 3 aromatic rings. The van der Waals surface area contributed by atoms with Crippen molar-refractivity contribution in [2.45, 2.75) is 19.3 Å². The van der Waals surface area contributed by atoms with Crippen LogP contribution in [-0.2, 0) is 9.59 Å². The molecule has 0 radical (unpaired) electrons. The van der Waals surface area contributed by atoms with E-state index in [1.807, 2.05) is 24.3 Å². The van der Waals surface area contributed by atoms with Crippen LogP contribution in [0.4, 0.5) is 11.4 Å². The highest BCUT2D eigenvalue weighted by Crippen LogP contribution is 2.35. The van der Waals surface area contributed by atoms with E-state index in [9.17, 15) is 19.2 Å². The highest BCUT2D eigenvalue weighted by atomic mass is 16.5. The lowest BCUT2D eigenvalue weighted by Gasteiger charge is -2.30. The van der Waals surface area contributed by atoms with E-state index < -0.39 is 0 Å². The van der Waals surface area contributed by atoms with E-state index in [4.69, 9.17) is 14.2 Å². The summed E-state index contributed by atoms with van der Waals surface area (Å²) in [5.41, 5.74) is 1.87. The number of amides is 4. The fraction of sp³-hybridized carbons (Fsp3) is 0.267. The average Bonchev–Trinajstić information content (AvgIpc) is 3.21. The van der Waals surface area contributed by atoms with Gasteiger partial charge in [-0.2, -0.15) is 0 Å². The van der Waals surface area contributed by atoms with Crippen LogP contribution >= 0.6 is 0 Å². The molecule has 0 saturated carbocycles. The Morgan fingerprint density at radius 3 is 2.25 bits per heavy atom. The maximum atomic E-state index is 12.6. The number of fused-ring (bicyclic) bond motifs is 2. The van der Waals surface area contributed by atoms with Crippen LogP contribution in [0, 0.1) is 0 Å². The summed E-state index contributed by atoms with van der Waals surface area (Å²) >= 11 is 0. The van der Waals surface area contributed by atoms with Crippen molar-refractivity contribution in [1.82, 2.24) is 4.90 Å². The maximum Gasteiger partial charge on any atom is 0.265 e. The molecule has 0 saturated heterocycles. The van der Waals surface area contributed by atoms with Gasteiger partial charge in [-0.3, -0.25) is 24.1 Å². The van der Waals surface area contributed by atoms with Crippen LogP contribution in [0.25, 0.3) is 0 Å². The molecular formula is C30H29N3O7. The quantitative estimate of drug-likeness (QED) is 0.288. The largest absolute Gasteiger partial charge is 0.497 e. The standard InChI is InChI=1S/C30H29N3O7/c1-38-21-10-12-22(13-11-21)39-17-5-16-32-25-18-20(9-14-26(25)40-19-28(32)35)31-27(34)8-4-15-33-29(36)23-6-2-3-7-24(23)30(33)37/h2-3,6-7,9-14,18H,4-5,8,15-17,19H2,1H3,(H,31,34). The predicted octanol–water partition coefficient (Wildman–Crippen LogP) is 3.90.